The molecule has 2 heterocycles. The minimum Gasteiger partial charge on any atom is -0.342 e. The van der Waals surface area contributed by atoms with Crippen LogP contribution in [-0.2, 0) is 16.6 Å². The number of aryl methyl sites for hydroxylation is 2. The van der Waals surface area contributed by atoms with Crippen LogP contribution in [0.5, 0.6) is 0 Å². The van der Waals surface area contributed by atoms with Crippen LogP contribution in [0.15, 0.2) is 6.07 Å². The molecule has 1 aliphatic rings. The van der Waals surface area contributed by atoms with Gasteiger partial charge in [-0.15, -0.1) is 0 Å². The van der Waals surface area contributed by atoms with Crippen molar-refractivity contribution >= 4 is 17.6 Å². The molecule has 0 bridgehead atoms. The number of hydrogen-bond donors (Lipinski definition) is 1. The summed E-state index contributed by atoms with van der Waals surface area (Å²) in [6.45, 7) is 7.24. The first-order valence-electron chi connectivity index (χ1n) is 6.96. The molecule has 0 aliphatic carbocycles. The third kappa shape index (κ3) is 3.18. The maximum atomic E-state index is 12.2. The topological polar surface area (TPSA) is 67.2 Å². The predicted octanol–water partition coefficient (Wildman–Crippen LogP) is 1.17. The highest BCUT2D eigenvalue weighted by Crippen LogP contribution is 2.21. The zero-order valence-electron chi connectivity index (χ0n) is 12.5. The monoisotopic (exact) mass is 278 g/mol. The van der Waals surface area contributed by atoms with E-state index in [1.807, 2.05) is 13.0 Å². The van der Waals surface area contributed by atoms with E-state index >= 15 is 0 Å². The van der Waals surface area contributed by atoms with Gasteiger partial charge in [-0.25, -0.2) is 0 Å². The number of rotatable bonds is 4. The lowest BCUT2D eigenvalue weighted by Gasteiger charge is -2.18. The van der Waals surface area contributed by atoms with Crippen molar-refractivity contribution in [1.82, 2.24) is 14.7 Å². The van der Waals surface area contributed by atoms with Gasteiger partial charge in [0.1, 0.15) is 5.82 Å². The summed E-state index contributed by atoms with van der Waals surface area (Å²) in [6.07, 6.45) is 0.301. The summed E-state index contributed by atoms with van der Waals surface area (Å²) in [7, 11) is 1.79. The van der Waals surface area contributed by atoms with Gasteiger partial charge in [-0.1, -0.05) is 13.8 Å². The second-order valence-electron chi connectivity index (χ2n) is 5.88. The Balaban J connectivity index is 1.97. The van der Waals surface area contributed by atoms with E-state index in [0.29, 0.717) is 31.2 Å². The van der Waals surface area contributed by atoms with Gasteiger partial charge in [0, 0.05) is 32.6 Å². The lowest BCUT2D eigenvalue weighted by atomic mass is 10.1. The van der Waals surface area contributed by atoms with Crippen LogP contribution in [0, 0.1) is 18.8 Å². The zero-order valence-corrected chi connectivity index (χ0v) is 12.5. The highest BCUT2D eigenvalue weighted by atomic mass is 16.2. The summed E-state index contributed by atoms with van der Waals surface area (Å²) in [5, 5.41) is 7.03. The Labute approximate surface area is 119 Å². The Morgan fingerprint density at radius 2 is 2.25 bits per heavy atom. The first-order chi connectivity index (χ1) is 9.36. The molecule has 1 atom stereocenters. The van der Waals surface area contributed by atoms with Gasteiger partial charge in [0.05, 0.1) is 11.6 Å². The van der Waals surface area contributed by atoms with Gasteiger partial charge in [0.15, 0.2) is 0 Å². The molecule has 110 valence electrons. The van der Waals surface area contributed by atoms with Gasteiger partial charge in [0.25, 0.3) is 0 Å². The summed E-state index contributed by atoms with van der Waals surface area (Å²) in [5.41, 5.74) is 0.853. The van der Waals surface area contributed by atoms with Crippen molar-refractivity contribution in [1.29, 1.82) is 0 Å². The first kappa shape index (κ1) is 14.6. The molecule has 0 unspecified atom stereocenters. The predicted molar refractivity (Wildman–Crippen MR) is 76.1 cm³/mol. The number of amides is 2. The van der Waals surface area contributed by atoms with Crippen LogP contribution in [0.4, 0.5) is 5.82 Å². The Morgan fingerprint density at radius 3 is 2.80 bits per heavy atom. The quantitative estimate of drug-likeness (QED) is 0.899. The number of carbonyl (C=O) groups is 2. The minimum atomic E-state index is -0.267. The minimum absolute atomic E-state index is 0.0695. The SMILES string of the molecule is Cc1cc(NC(=O)[C@H]2CC(=O)N(CC(C)C)C2)n(C)n1. The van der Waals surface area contributed by atoms with E-state index in [0.717, 1.165) is 5.69 Å². The van der Waals surface area contributed by atoms with Crippen LogP contribution in [0.25, 0.3) is 0 Å². The number of carbonyl (C=O) groups excluding carboxylic acids is 2. The summed E-state index contributed by atoms with van der Waals surface area (Å²) < 4.78 is 1.63. The fourth-order valence-electron chi connectivity index (χ4n) is 2.52. The maximum absolute atomic E-state index is 12.2. The molecular weight excluding hydrogens is 256 g/mol. The number of hydrogen-bond acceptors (Lipinski definition) is 3. The van der Waals surface area contributed by atoms with Crippen molar-refractivity contribution in [2.45, 2.75) is 27.2 Å². The van der Waals surface area contributed by atoms with E-state index in [1.54, 1.807) is 16.6 Å². The second-order valence-corrected chi connectivity index (χ2v) is 5.88. The van der Waals surface area contributed by atoms with Gasteiger partial charge in [-0.2, -0.15) is 5.10 Å². The number of likely N-dealkylation sites (tertiary alicyclic amines) is 1. The van der Waals surface area contributed by atoms with Crippen LogP contribution in [0.1, 0.15) is 26.0 Å². The summed E-state index contributed by atoms with van der Waals surface area (Å²) in [5.74, 6) is 0.784. The third-order valence-electron chi connectivity index (χ3n) is 3.42. The van der Waals surface area contributed by atoms with Crippen molar-refractivity contribution in [3.8, 4) is 0 Å². The summed E-state index contributed by atoms with van der Waals surface area (Å²) in [4.78, 5) is 25.9. The van der Waals surface area contributed by atoms with Crippen molar-refractivity contribution in [2.24, 2.45) is 18.9 Å². The smallest absolute Gasteiger partial charge is 0.230 e. The number of aromatic nitrogens is 2. The number of anilines is 1. The maximum Gasteiger partial charge on any atom is 0.230 e. The fraction of sp³-hybridized carbons (Fsp3) is 0.643. The van der Waals surface area contributed by atoms with Crippen molar-refractivity contribution < 1.29 is 9.59 Å². The Morgan fingerprint density at radius 1 is 1.55 bits per heavy atom. The number of nitrogens with zero attached hydrogens (tertiary/aromatic N) is 3. The van der Waals surface area contributed by atoms with Gasteiger partial charge in [-0.3, -0.25) is 14.3 Å². The molecule has 1 aromatic heterocycles. The summed E-state index contributed by atoms with van der Waals surface area (Å²) >= 11 is 0. The Kier molecular flexibility index (Phi) is 4.11. The normalized spacial score (nSPS) is 18.9. The summed E-state index contributed by atoms with van der Waals surface area (Å²) in [6, 6.07) is 1.82. The lowest BCUT2D eigenvalue weighted by molar-refractivity contribution is -0.128. The van der Waals surface area contributed by atoms with Crippen LogP contribution >= 0.6 is 0 Å². The third-order valence-corrected chi connectivity index (χ3v) is 3.42. The molecular formula is C14H22N4O2. The van der Waals surface area contributed by atoms with Crippen LogP contribution < -0.4 is 5.32 Å². The molecule has 0 aromatic carbocycles. The largest absolute Gasteiger partial charge is 0.342 e. The molecule has 2 rings (SSSR count). The molecule has 2 amide bonds. The molecule has 0 radical (unpaired) electrons. The van der Waals surface area contributed by atoms with Crippen molar-refractivity contribution in [2.75, 3.05) is 18.4 Å². The van der Waals surface area contributed by atoms with E-state index in [2.05, 4.69) is 24.3 Å². The fourth-order valence-corrected chi connectivity index (χ4v) is 2.52. The molecule has 0 saturated carbocycles. The van der Waals surface area contributed by atoms with Gasteiger partial charge in [0.2, 0.25) is 11.8 Å². The van der Waals surface area contributed by atoms with E-state index < -0.39 is 0 Å². The number of nitrogens with one attached hydrogen (secondary N) is 1. The van der Waals surface area contributed by atoms with Crippen LogP contribution in [-0.4, -0.2) is 39.6 Å². The molecule has 20 heavy (non-hydrogen) atoms. The Bertz CT molecular complexity index is 521. The van der Waals surface area contributed by atoms with Crippen LogP contribution in [0.2, 0.25) is 0 Å². The van der Waals surface area contributed by atoms with Crippen LogP contribution in [0.3, 0.4) is 0 Å². The average molecular weight is 278 g/mol. The van der Waals surface area contributed by atoms with Crippen molar-refractivity contribution in [3.05, 3.63) is 11.8 Å². The zero-order chi connectivity index (χ0) is 14.9. The second kappa shape index (κ2) is 5.64. The standard InChI is InChI=1S/C14H22N4O2/c1-9(2)7-18-8-11(6-13(18)19)14(20)15-12-5-10(3)16-17(12)4/h5,9,11H,6-8H2,1-4H3,(H,15,20)/t11-/m0/s1. The molecule has 1 aromatic rings. The Hall–Kier alpha value is -1.85. The average Bonchev–Trinajstić information content (AvgIpc) is 2.83. The highest BCUT2D eigenvalue weighted by Gasteiger charge is 2.34. The molecule has 1 fully saturated rings. The van der Waals surface area contributed by atoms with E-state index in [1.165, 1.54) is 0 Å². The van der Waals surface area contributed by atoms with Gasteiger partial charge in [-0.05, 0) is 12.8 Å². The molecule has 1 N–H and O–H groups in total. The van der Waals surface area contributed by atoms with Gasteiger partial charge >= 0.3 is 0 Å². The molecule has 1 saturated heterocycles. The molecule has 6 nitrogen and oxygen atoms in total. The first-order valence-corrected chi connectivity index (χ1v) is 6.96. The lowest BCUT2D eigenvalue weighted by Crippen LogP contribution is -2.31. The molecule has 6 heteroatoms. The van der Waals surface area contributed by atoms with Gasteiger partial charge < -0.3 is 10.2 Å². The molecule has 0 spiro atoms. The highest BCUT2D eigenvalue weighted by molar-refractivity contribution is 5.96. The van der Waals surface area contributed by atoms with Crippen molar-refractivity contribution in [3.63, 3.8) is 0 Å². The molecule has 1 aliphatic heterocycles. The van der Waals surface area contributed by atoms with E-state index in [-0.39, 0.29) is 17.7 Å². The van der Waals surface area contributed by atoms with E-state index in [4.69, 9.17) is 0 Å². The van der Waals surface area contributed by atoms with E-state index in [9.17, 15) is 9.59 Å².